The summed E-state index contributed by atoms with van der Waals surface area (Å²) in [6.45, 7) is 0. The van der Waals surface area contributed by atoms with Crippen molar-refractivity contribution in [2.45, 2.75) is 106 Å². The lowest BCUT2D eigenvalue weighted by Gasteiger charge is -2.46. The largest absolute Gasteiger partial charge is 0.469 e. The predicted molar refractivity (Wildman–Crippen MR) is 88.9 cm³/mol. The van der Waals surface area contributed by atoms with Gasteiger partial charge in [-0.05, 0) is 25.7 Å². The van der Waals surface area contributed by atoms with Gasteiger partial charge in [-0.15, -0.1) is 0 Å². The van der Waals surface area contributed by atoms with Gasteiger partial charge < -0.3 is 24.1 Å². The van der Waals surface area contributed by atoms with E-state index < -0.39 is 5.79 Å². The van der Waals surface area contributed by atoms with Gasteiger partial charge in [0, 0.05) is 32.1 Å². The maximum absolute atomic E-state index is 11.6. The third kappa shape index (κ3) is 3.59. The van der Waals surface area contributed by atoms with Crippen molar-refractivity contribution in [2.75, 3.05) is 7.11 Å². The molecule has 4 rings (SSSR count). The molecule has 142 valence electrons. The first-order chi connectivity index (χ1) is 12.0. The standard InChI is InChI=1S/C19H30O6/c1-22-17(20)10-13-5-6-16-18(24-13)11-14(23-16)9-15(12-18)25-19(21)7-3-2-4-8-19/h13-16,21H,2-12H2,1H3/t13?,14-,15-,16?,18?/m0/s1. The van der Waals surface area contributed by atoms with Gasteiger partial charge in [0.25, 0.3) is 0 Å². The van der Waals surface area contributed by atoms with Gasteiger partial charge in [-0.25, -0.2) is 0 Å². The van der Waals surface area contributed by atoms with Crippen molar-refractivity contribution < 1.29 is 28.8 Å². The van der Waals surface area contributed by atoms with Gasteiger partial charge >= 0.3 is 5.97 Å². The summed E-state index contributed by atoms with van der Waals surface area (Å²) in [5, 5.41) is 10.7. The van der Waals surface area contributed by atoms with Crippen molar-refractivity contribution in [1.29, 1.82) is 0 Å². The highest BCUT2D eigenvalue weighted by atomic mass is 16.6. The predicted octanol–water partition coefficient (Wildman–Crippen LogP) is 2.46. The third-order valence-electron chi connectivity index (χ3n) is 6.41. The van der Waals surface area contributed by atoms with Gasteiger partial charge in [0.1, 0.15) is 0 Å². The van der Waals surface area contributed by atoms with E-state index >= 15 is 0 Å². The molecule has 5 atom stereocenters. The van der Waals surface area contributed by atoms with E-state index in [2.05, 4.69) is 0 Å². The zero-order chi connectivity index (χ0) is 17.5. The molecule has 0 aromatic carbocycles. The second-order valence-electron chi connectivity index (χ2n) is 8.30. The Hall–Kier alpha value is -0.690. The van der Waals surface area contributed by atoms with E-state index in [1.54, 1.807) is 0 Å². The van der Waals surface area contributed by atoms with E-state index in [1.165, 1.54) is 13.5 Å². The van der Waals surface area contributed by atoms with Crippen LogP contribution in [-0.4, -0.2) is 54.0 Å². The molecule has 3 unspecified atom stereocenters. The fraction of sp³-hybridized carbons (Fsp3) is 0.947. The topological polar surface area (TPSA) is 74.2 Å². The molecule has 6 nitrogen and oxygen atoms in total. The summed E-state index contributed by atoms with van der Waals surface area (Å²) in [6.07, 6.45) is 9.20. The quantitative estimate of drug-likeness (QED) is 0.617. The number of aliphatic hydroxyl groups is 1. The summed E-state index contributed by atoms with van der Waals surface area (Å²) in [4.78, 5) is 11.6. The first kappa shape index (κ1) is 17.7. The van der Waals surface area contributed by atoms with Crippen LogP contribution in [0.4, 0.5) is 0 Å². The van der Waals surface area contributed by atoms with E-state index in [4.69, 9.17) is 18.9 Å². The zero-order valence-corrected chi connectivity index (χ0v) is 15.1. The van der Waals surface area contributed by atoms with Crippen molar-refractivity contribution in [2.24, 2.45) is 0 Å². The molecule has 0 radical (unpaired) electrons. The fourth-order valence-electron chi connectivity index (χ4n) is 5.30. The van der Waals surface area contributed by atoms with Crippen LogP contribution in [0.1, 0.15) is 70.6 Å². The Bertz CT molecular complexity index is 502. The Morgan fingerprint density at radius 3 is 2.76 bits per heavy atom. The van der Waals surface area contributed by atoms with Gasteiger partial charge in [0.15, 0.2) is 5.79 Å². The molecule has 4 aliphatic rings. The molecule has 2 aliphatic carbocycles. The van der Waals surface area contributed by atoms with Gasteiger partial charge in [-0.3, -0.25) is 4.79 Å². The fourth-order valence-corrected chi connectivity index (χ4v) is 5.30. The summed E-state index contributed by atoms with van der Waals surface area (Å²) in [6, 6.07) is 0. The van der Waals surface area contributed by atoms with Crippen molar-refractivity contribution >= 4 is 5.97 Å². The average molecular weight is 354 g/mol. The number of fused-ring (bicyclic) bond motifs is 1. The van der Waals surface area contributed by atoms with Crippen molar-refractivity contribution in [1.82, 2.24) is 0 Å². The minimum absolute atomic E-state index is 0.0382. The molecule has 2 heterocycles. The van der Waals surface area contributed by atoms with Crippen molar-refractivity contribution in [3.8, 4) is 0 Å². The smallest absolute Gasteiger partial charge is 0.308 e. The number of hydrogen-bond donors (Lipinski definition) is 1. The second kappa shape index (κ2) is 6.80. The van der Waals surface area contributed by atoms with E-state index in [0.717, 1.165) is 57.8 Å². The Morgan fingerprint density at radius 2 is 2.00 bits per heavy atom. The molecule has 2 saturated heterocycles. The van der Waals surface area contributed by atoms with Gasteiger partial charge in [0.05, 0.1) is 43.5 Å². The highest BCUT2D eigenvalue weighted by Crippen LogP contribution is 2.51. The summed E-state index contributed by atoms with van der Waals surface area (Å²) < 4.78 is 23.6. The first-order valence-electron chi connectivity index (χ1n) is 9.81. The zero-order valence-electron chi connectivity index (χ0n) is 15.1. The van der Waals surface area contributed by atoms with Crippen LogP contribution in [0.25, 0.3) is 0 Å². The molecule has 0 aromatic heterocycles. The van der Waals surface area contributed by atoms with Crippen LogP contribution in [-0.2, 0) is 23.7 Å². The molecular weight excluding hydrogens is 324 g/mol. The molecule has 0 aromatic rings. The molecule has 1 N–H and O–H groups in total. The number of ether oxygens (including phenoxy) is 4. The Labute approximate surface area is 149 Å². The molecule has 1 spiro atoms. The highest BCUT2D eigenvalue weighted by molar-refractivity contribution is 5.69. The Balaban J connectivity index is 1.43. The van der Waals surface area contributed by atoms with Gasteiger partial charge in [-0.1, -0.05) is 6.42 Å². The molecule has 4 fully saturated rings. The number of esters is 1. The van der Waals surface area contributed by atoms with Crippen LogP contribution in [0.3, 0.4) is 0 Å². The van der Waals surface area contributed by atoms with Crippen LogP contribution < -0.4 is 0 Å². The lowest BCUT2D eigenvalue weighted by atomic mass is 9.77. The van der Waals surface area contributed by atoms with Crippen LogP contribution in [0.2, 0.25) is 0 Å². The maximum Gasteiger partial charge on any atom is 0.308 e. The number of carbonyl (C=O) groups is 1. The summed E-state index contributed by atoms with van der Waals surface area (Å²) >= 11 is 0. The number of carbonyl (C=O) groups excluding carboxylic acids is 1. The van der Waals surface area contributed by atoms with Crippen LogP contribution in [0.5, 0.6) is 0 Å². The third-order valence-corrected chi connectivity index (χ3v) is 6.41. The summed E-state index contributed by atoms with van der Waals surface area (Å²) in [5.41, 5.74) is -0.366. The van der Waals surface area contributed by atoms with Crippen LogP contribution in [0, 0.1) is 0 Å². The van der Waals surface area contributed by atoms with E-state index in [9.17, 15) is 9.90 Å². The van der Waals surface area contributed by atoms with E-state index in [0.29, 0.717) is 6.42 Å². The molecule has 0 amide bonds. The monoisotopic (exact) mass is 354 g/mol. The molecule has 25 heavy (non-hydrogen) atoms. The van der Waals surface area contributed by atoms with E-state index in [-0.39, 0.29) is 36.0 Å². The number of methoxy groups -OCH3 is 1. The van der Waals surface area contributed by atoms with Gasteiger partial charge in [0.2, 0.25) is 0 Å². The normalized spacial score (nSPS) is 42.6. The average Bonchev–Trinajstić information content (AvgIpc) is 2.84. The minimum atomic E-state index is -0.980. The highest BCUT2D eigenvalue weighted by Gasteiger charge is 2.58. The Morgan fingerprint density at radius 1 is 1.20 bits per heavy atom. The molecule has 2 bridgehead atoms. The molecular formula is C19H30O6. The molecule has 6 heteroatoms. The summed E-state index contributed by atoms with van der Waals surface area (Å²) in [5.74, 6) is -1.21. The Kier molecular flexibility index (Phi) is 4.82. The van der Waals surface area contributed by atoms with Crippen LogP contribution in [0.15, 0.2) is 0 Å². The second-order valence-corrected chi connectivity index (χ2v) is 8.30. The van der Waals surface area contributed by atoms with Crippen molar-refractivity contribution in [3.63, 3.8) is 0 Å². The number of rotatable bonds is 4. The SMILES string of the molecule is COC(=O)CC1CCC2O[C@H]3C[C@H](OC4(O)CCCCC4)CC2(C3)O1. The minimum Gasteiger partial charge on any atom is -0.469 e. The first-order valence-corrected chi connectivity index (χ1v) is 9.81. The summed E-state index contributed by atoms with van der Waals surface area (Å²) in [7, 11) is 1.41. The molecule has 2 saturated carbocycles. The maximum atomic E-state index is 11.6. The van der Waals surface area contributed by atoms with Crippen LogP contribution >= 0.6 is 0 Å². The van der Waals surface area contributed by atoms with Gasteiger partial charge in [-0.2, -0.15) is 0 Å². The molecule has 2 aliphatic heterocycles. The van der Waals surface area contributed by atoms with Crippen molar-refractivity contribution in [3.05, 3.63) is 0 Å². The lowest BCUT2D eigenvalue weighted by molar-refractivity contribution is -0.263. The number of hydrogen-bond acceptors (Lipinski definition) is 6. The van der Waals surface area contributed by atoms with E-state index in [1.807, 2.05) is 0 Å². The lowest BCUT2D eigenvalue weighted by Crippen LogP contribution is -2.53.